The van der Waals surface area contributed by atoms with E-state index in [-0.39, 0.29) is 18.4 Å². The molecule has 0 radical (unpaired) electrons. The van der Waals surface area contributed by atoms with E-state index in [0.717, 1.165) is 22.0 Å². The van der Waals surface area contributed by atoms with E-state index in [1.165, 1.54) is 4.57 Å². The zero-order valence-corrected chi connectivity index (χ0v) is 14.5. The van der Waals surface area contributed by atoms with E-state index in [2.05, 4.69) is 10.9 Å². The quantitative estimate of drug-likeness (QED) is 0.470. The van der Waals surface area contributed by atoms with Crippen LogP contribution in [0.15, 0.2) is 60.8 Å². The Balaban J connectivity index is 1.75. The maximum atomic E-state index is 10.7. The molecule has 0 bridgehead atoms. The van der Waals surface area contributed by atoms with Crippen molar-refractivity contribution in [2.24, 2.45) is 0 Å². The van der Waals surface area contributed by atoms with Crippen molar-refractivity contribution in [3.05, 3.63) is 66.4 Å². The van der Waals surface area contributed by atoms with Gasteiger partial charge in [0.25, 0.3) is 0 Å². The van der Waals surface area contributed by atoms with Crippen molar-refractivity contribution in [3.8, 4) is 41.0 Å². The number of aromatic amines is 1. The summed E-state index contributed by atoms with van der Waals surface area (Å²) >= 11 is 0. The van der Waals surface area contributed by atoms with Gasteiger partial charge in [0.2, 0.25) is 5.88 Å². The van der Waals surface area contributed by atoms with Gasteiger partial charge in [-0.25, -0.2) is 0 Å². The van der Waals surface area contributed by atoms with E-state index < -0.39 is 0 Å². The molecule has 0 atom stereocenters. The number of rotatable bonds is 5. The molecule has 5 heteroatoms. The number of ether oxygens (including phenoxy) is 1. The van der Waals surface area contributed by atoms with Crippen LogP contribution in [0.2, 0.25) is 0 Å². The molecule has 0 aliphatic carbocycles. The van der Waals surface area contributed by atoms with Crippen LogP contribution in [0.25, 0.3) is 22.0 Å². The fraction of sp³-hybridized carbons (Fsp3) is 0.0909. The zero-order valence-electron chi connectivity index (χ0n) is 14.5. The minimum Gasteiger partial charge on any atom is -0.494 e. The average Bonchev–Trinajstić information content (AvgIpc) is 3.22. The van der Waals surface area contributed by atoms with E-state index in [4.69, 9.17) is 11.2 Å². The predicted octanol–water partition coefficient (Wildman–Crippen LogP) is 4.11. The fourth-order valence-electron chi connectivity index (χ4n) is 3.18. The van der Waals surface area contributed by atoms with Crippen LogP contribution in [0.1, 0.15) is 5.56 Å². The number of benzene rings is 2. The molecule has 4 rings (SSSR count). The van der Waals surface area contributed by atoms with Gasteiger partial charge in [-0.3, -0.25) is 4.57 Å². The summed E-state index contributed by atoms with van der Waals surface area (Å²) in [6.45, 7) is 0.558. The minimum absolute atomic E-state index is 0.000407. The minimum atomic E-state index is 0.000407. The first-order valence-electron chi connectivity index (χ1n) is 8.50. The van der Waals surface area contributed by atoms with Crippen molar-refractivity contribution in [1.82, 2.24) is 9.55 Å². The zero-order chi connectivity index (χ0) is 18.8. The highest BCUT2D eigenvalue weighted by Gasteiger charge is 2.18. The van der Waals surface area contributed by atoms with Gasteiger partial charge in [0, 0.05) is 34.3 Å². The van der Waals surface area contributed by atoms with Crippen molar-refractivity contribution < 1.29 is 14.9 Å². The Morgan fingerprint density at radius 3 is 2.63 bits per heavy atom. The number of nitrogens with zero attached hydrogens (tertiary/aromatic N) is 1. The number of H-pyrrole nitrogens is 1. The normalized spacial score (nSPS) is 10.8. The largest absolute Gasteiger partial charge is 0.494 e. The molecule has 3 N–H and O–H groups in total. The Bertz CT molecular complexity index is 1130. The van der Waals surface area contributed by atoms with Crippen molar-refractivity contribution >= 4 is 10.9 Å². The molecule has 4 aromatic rings. The second-order valence-corrected chi connectivity index (χ2v) is 6.21. The van der Waals surface area contributed by atoms with Crippen LogP contribution >= 0.6 is 0 Å². The number of hydrogen-bond donors (Lipinski definition) is 3. The summed E-state index contributed by atoms with van der Waals surface area (Å²) in [5, 5.41) is 22.0. The van der Waals surface area contributed by atoms with Gasteiger partial charge < -0.3 is 19.9 Å². The molecule has 2 aromatic heterocycles. The Hall–Kier alpha value is -3.78. The first kappa shape index (κ1) is 16.7. The first-order valence-corrected chi connectivity index (χ1v) is 8.50. The summed E-state index contributed by atoms with van der Waals surface area (Å²) in [4.78, 5) is 3.18. The highest BCUT2D eigenvalue weighted by Crippen LogP contribution is 2.40. The molecule has 27 heavy (non-hydrogen) atoms. The standard InChI is InChI=1S/C22H18N2O3/c1-2-10-27-16-8-9-20-17(11-16)19(13-23-20)18-12-21(25)24(22(18)26)14-15-6-4-3-5-7-15/h1,3-9,11-13,23,25-26H,10,14H2. The van der Waals surface area contributed by atoms with Crippen LogP contribution < -0.4 is 4.74 Å². The third-order valence-electron chi connectivity index (χ3n) is 4.50. The fourth-order valence-corrected chi connectivity index (χ4v) is 3.18. The number of aromatic hydroxyl groups is 2. The third-order valence-corrected chi connectivity index (χ3v) is 4.50. The molecular weight excluding hydrogens is 340 g/mol. The van der Waals surface area contributed by atoms with Crippen LogP contribution in [0, 0.1) is 12.3 Å². The summed E-state index contributed by atoms with van der Waals surface area (Å²) in [6.07, 6.45) is 7.05. The van der Waals surface area contributed by atoms with E-state index in [1.54, 1.807) is 12.3 Å². The van der Waals surface area contributed by atoms with Gasteiger partial charge in [-0.1, -0.05) is 36.3 Å². The number of terminal acetylenes is 1. The highest BCUT2D eigenvalue weighted by molar-refractivity contribution is 5.97. The second-order valence-electron chi connectivity index (χ2n) is 6.21. The van der Waals surface area contributed by atoms with Crippen LogP contribution in [-0.2, 0) is 6.54 Å². The molecule has 5 nitrogen and oxygen atoms in total. The number of nitrogens with one attached hydrogen (secondary N) is 1. The summed E-state index contributed by atoms with van der Waals surface area (Å²) in [6, 6.07) is 16.8. The van der Waals surface area contributed by atoms with Gasteiger partial charge in [-0.15, -0.1) is 6.42 Å². The van der Waals surface area contributed by atoms with Gasteiger partial charge in [0.15, 0.2) is 5.88 Å². The molecule has 0 aliphatic heterocycles. The molecule has 0 spiro atoms. The maximum Gasteiger partial charge on any atom is 0.202 e. The maximum absolute atomic E-state index is 10.7. The molecular formula is C22H18N2O3. The molecule has 0 unspecified atom stereocenters. The molecule has 134 valence electrons. The third kappa shape index (κ3) is 3.09. The number of hydrogen-bond acceptors (Lipinski definition) is 3. The van der Waals surface area contributed by atoms with Crippen molar-refractivity contribution in [3.63, 3.8) is 0 Å². The topological polar surface area (TPSA) is 70.4 Å². The summed E-state index contributed by atoms with van der Waals surface area (Å²) in [7, 11) is 0. The lowest BCUT2D eigenvalue weighted by Gasteiger charge is -2.07. The molecule has 0 aliphatic rings. The van der Waals surface area contributed by atoms with Gasteiger partial charge in [-0.05, 0) is 23.8 Å². The Morgan fingerprint density at radius 2 is 1.85 bits per heavy atom. The first-order chi connectivity index (χ1) is 13.2. The van der Waals surface area contributed by atoms with Crippen LogP contribution in [0.5, 0.6) is 17.5 Å². The van der Waals surface area contributed by atoms with E-state index in [1.807, 2.05) is 48.5 Å². The lowest BCUT2D eigenvalue weighted by Crippen LogP contribution is -1.98. The number of fused-ring (bicyclic) bond motifs is 1. The van der Waals surface area contributed by atoms with Gasteiger partial charge in [-0.2, -0.15) is 0 Å². The average molecular weight is 358 g/mol. The lowest BCUT2D eigenvalue weighted by molar-refractivity contribution is 0.371. The molecule has 2 aromatic carbocycles. The van der Waals surface area contributed by atoms with Crippen LogP contribution in [0.3, 0.4) is 0 Å². The summed E-state index contributed by atoms with van der Waals surface area (Å²) in [5.74, 6) is 3.10. The summed E-state index contributed by atoms with van der Waals surface area (Å²) < 4.78 is 6.97. The van der Waals surface area contributed by atoms with E-state index in [9.17, 15) is 10.2 Å². The van der Waals surface area contributed by atoms with Gasteiger partial charge in [0.05, 0.1) is 6.54 Å². The highest BCUT2D eigenvalue weighted by atomic mass is 16.5. The summed E-state index contributed by atoms with van der Waals surface area (Å²) in [5.41, 5.74) is 3.20. The molecule has 0 saturated heterocycles. The Labute approximate surface area is 156 Å². The van der Waals surface area contributed by atoms with Crippen LogP contribution in [0.4, 0.5) is 0 Å². The molecule has 2 heterocycles. The van der Waals surface area contributed by atoms with Crippen molar-refractivity contribution in [2.45, 2.75) is 6.54 Å². The van der Waals surface area contributed by atoms with Crippen molar-refractivity contribution in [1.29, 1.82) is 0 Å². The molecule has 0 saturated carbocycles. The number of aromatic nitrogens is 2. The smallest absolute Gasteiger partial charge is 0.202 e. The second kappa shape index (κ2) is 6.85. The molecule has 0 fully saturated rings. The van der Waals surface area contributed by atoms with Crippen molar-refractivity contribution in [2.75, 3.05) is 6.61 Å². The monoisotopic (exact) mass is 358 g/mol. The lowest BCUT2D eigenvalue weighted by atomic mass is 10.1. The van der Waals surface area contributed by atoms with Gasteiger partial charge >= 0.3 is 0 Å². The Kier molecular flexibility index (Phi) is 4.23. The van der Waals surface area contributed by atoms with E-state index >= 15 is 0 Å². The van der Waals surface area contributed by atoms with E-state index in [0.29, 0.717) is 17.9 Å². The molecule has 0 amide bonds. The predicted molar refractivity (Wildman–Crippen MR) is 105 cm³/mol. The Morgan fingerprint density at radius 1 is 1.04 bits per heavy atom. The SMILES string of the molecule is C#CCOc1ccc2[nH]cc(-c3cc(O)n(Cc4ccccc4)c3O)c2c1. The van der Waals surface area contributed by atoms with Gasteiger partial charge in [0.1, 0.15) is 12.4 Å². The van der Waals surface area contributed by atoms with Crippen LogP contribution in [-0.4, -0.2) is 26.4 Å².